The molecule has 2 N–H and O–H groups in total. The number of ether oxygens (including phenoxy) is 3. The Bertz CT molecular complexity index is 1170. The van der Waals surface area contributed by atoms with Crippen LogP contribution in [0.25, 0.3) is 5.52 Å². The van der Waals surface area contributed by atoms with Crippen LogP contribution in [0.5, 0.6) is 0 Å². The van der Waals surface area contributed by atoms with Crippen molar-refractivity contribution in [2.24, 2.45) is 5.92 Å². The molecule has 0 spiro atoms. The number of anilines is 1. The maximum Gasteiger partial charge on any atom is 0.306 e. The number of nitrogens with zero attached hydrogens (tertiary/aromatic N) is 4. The molecule has 2 aromatic rings. The summed E-state index contributed by atoms with van der Waals surface area (Å²) in [6.45, 7) is 3.21. The normalized spacial score (nSPS) is 24.9. The number of carbonyl (C=O) groups excluding carboxylic acids is 2. The molecule has 0 bridgehead atoms. The van der Waals surface area contributed by atoms with Crippen molar-refractivity contribution in [2.75, 3.05) is 19.0 Å². The van der Waals surface area contributed by atoms with E-state index in [1.165, 1.54) is 30.8 Å². The molecule has 1 saturated carbocycles. The van der Waals surface area contributed by atoms with Crippen LogP contribution in [0.4, 0.5) is 5.82 Å². The average Bonchev–Trinajstić information content (AvgIpc) is 3.35. The van der Waals surface area contributed by atoms with Gasteiger partial charge in [0.15, 0.2) is 5.82 Å². The quantitative estimate of drug-likeness (QED) is 0.401. The summed E-state index contributed by atoms with van der Waals surface area (Å²) in [5, 5.41) is 28.0. The minimum atomic E-state index is -1.73. The molecule has 3 heterocycles. The first-order chi connectivity index (χ1) is 17.7. The van der Waals surface area contributed by atoms with E-state index in [0.717, 1.165) is 25.7 Å². The standard InChI is InChI=1S/C26H35N5O6/c1-25(2,35-3)24(34)30-23-19-10-11-20(31(19)29-16-28-23)26(15-27)21(32)13-18(37-26)14-36-22(33)12-17-8-6-4-5-7-9-17/h10-11,16-18,21,32H,4-9,12-14H2,1-3H3,(H,28,29,30,34)/t18-,21-,26+/m1/s1. The highest BCUT2D eigenvalue weighted by Gasteiger charge is 2.52. The largest absolute Gasteiger partial charge is 0.463 e. The third kappa shape index (κ3) is 5.61. The lowest BCUT2D eigenvalue weighted by molar-refractivity contribution is -0.150. The summed E-state index contributed by atoms with van der Waals surface area (Å²) < 4.78 is 18.2. The average molecular weight is 514 g/mol. The first-order valence-electron chi connectivity index (χ1n) is 12.8. The molecular weight excluding hydrogens is 478 g/mol. The monoisotopic (exact) mass is 513 g/mol. The topological polar surface area (TPSA) is 148 Å². The second kappa shape index (κ2) is 11.1. The van der Waals surface area contributed by atoms with Gasteiger partial charge in [0, 0.05) is 20.0 Å². The highest BCUT2D eigenvalue weighted by molar-refractivity contribution is 5.98. The van der Waals surface area contributed by atoms with Gasteiger partial charge in [-0.2, -0.15) is 10.4 Å². The van der Waals surface area contributed by atoms with E-state index < -0.39 is 29.3 Å². The molecule has 11 nitrogen and oxygen atoms in total. The predicted octanol–water partition coefficient (Wildman–Crippen LogP) is 2.87. The summed E-state index contributed by atoms with van der Waals surface area (Å²) in [4.78, 5) is 29.2. The van der Waals surface area contributed by atoms with E-state index in [1.54, 1.807) is 26.0 Å². The summed E-state index contributed by atoms with van der Waals surface area (Å²) in [7, 11) is 1.44. The van der Waals surface area contributed by atoms with Crippen molar-refractivity contribution in [1.29, 1.82) is 5.26 Å². The lowest BCUT2D eigenvalue weighted by Gasteiger charge is -2.24. The van der Waals surface area contributed by atoms with Gasteiger partial charge in [-0.3, -0.25) is 9.59 Å². The fourth-order valence-corrected chi connectivity index (χ4v) is 5.01. The van der Waals surface area contributed by atoms with Crippen LogP contribution in [-0.2, 0) is 29.4 Å². The highest BCUT2D eigenvalue weighted by atomic mass is 16.6. The molecular formula is C26H35N5O6. The molecule has 1 amide bonds. The Hall–Kier alpha value is -3.07. The number of carbonyl (C=O) groups is 2. The van der Waals surface area contributed by atoms with Crippen molar-refractivity contribution < 1.29 is 28.9 Å². The fourth-order valence-electron chi connectivity index (χ4n) is 5.01. The lowest BCUT2D eigenvalue weighted by Crippen LogP contribution is -2.39. The summed E-state index contributed by atoms with van der Waals surface area (Å²) in [6, 6.07) is 5.35. The van der Waals surface area contributed by atoms with Crippen LogP contribution in [0.1, 0.15) is 70.9 Å². The highest BCUT2D eigenvalue weighted by Crippen LogP contribution is 2.40. The molecule has 2 fully saturated rings. The summed E-state index contributed by atoms with van der Waals surface area (Å²) in [6.07, 6.45) is 6.72. The van der Waals surface area contributed by atoms with Crippen LogP contribution in [0, 0.1) is 17.2 Å². The smallest absolute Gasteiger partial charge is 0.306 e. The van der Waals surface area contributed by atoms with Gasteiger partial charge in [0.25, 0.3) is 5.91 Å². The van der Waals surface area contributed by atoms with E-state index >= 15 is 0 Å². The minimum absolute atomic E-state index is 0.0439. The number of methoxy groups -OCH3 is 1. The van der Waals surface area contributed by atoms with Crippen LogP contribution < -0.4 is 5.32 Å². The number of amides is 1. The third-order valence-corrected chi connectivity index (χ3v) is 7.46. The van der Waals surface area contributed by atoms with E-state index in [0.29, 0.717) is 17.9 Å². The molecule has 37 heavy (non-hydrogen) atoms. The van der Waals surface area contributed by atoms with Crippen LogP contribution in [0.15, 0.2) is 18.5 Å². The van der Waals surface area contributed by atoms with Crippen molar-refractivity contribution in [3.63, 3.8) is 0 Å². The fraction of sp³-hybridized carbons (Fsp3) is 0.654. The minimum Gasteiger partial charge on any atom is -0.463 e. The Labute approximate surface area is 216 Å². The van der Waals surface area contributed by atoms with Crippen molar-refractivity contribution >= 4 is 23.2 Å². The van der Waals surface area contributed by atoms with Crippen LogP contribution in [-0.4, -0.2) is 63.1 Å². The molecule has 0 unspecified atom stereocenters. The Kier molecular flexibility index (Phi) is 8.11. The number of fused-ring (bicyclic) bond motifs is 1. The number of nitriles is 1. The van der Waals surface area contributed by atoms with E-state index in [-0.39, 0.29) is 30.5 Å². The van der Waals surface area contributed by atoms with Gasteiger partial charge >= 0.3 is 5.97 Å². The number of aromatic nitrogens is 3. The molecule has 3 atom stereocenters. The number of rotatable bonds is 8. The molecule has 2 aromatic heterocycles. The zero-order chi connectivity index (χ0) is 26.6. The Morgan fingerprint density at radius 1 is 1.30 bits per heavy atom. The van der Waals surface area contributed by atoms with Gasteiger partial charge in [0.1, 0.15) is 36.2 Å². The van der Waals surface area contributed by atoms with Gasteiger partial charge in [0.05, 0.1) is 11.8 Å². The molecule has 0 radical (unpaired) electrons. The number of hydrogen-bond donors (Lipinski definition) is 2. The second-order valence-electron chi connectivity index (χ2n) is 10.4. The zero-order valence-corrected chi connectivity index (χ0v) is 21.6. The van der Waals surface area contributed by atoms with Crippen LogP contribution in [0.2, 0.25) is 0 Å². The summed E-state index contributed by atoms with van der Waals surface area (Å²) in [5.41, 5.74) is -2.11. The number of hydrogen-bond acceptors (Lipinski definition) is 9. The summed E-state index contributed by atoms with van der Waals surface area (Å²) >= 11 is 0. The van der Waals surface area contributed by atoms with Gasteiger partial charge in [-0.1, -0.05) is 25.7 Å². The van der Waals surface area contributed by atoms with Gasteiger partial charge in [-0.05, 0) is 44.7 Å². The zero-order valence-electron chi connectivity index (χ0n) is 21.6. The van der Waals surface area contributed by atoms with Crippen molar-refractivity contribution in [3.8, 4) is 6.07 Å². The molecule has 200 valence electrons. The molecule has 1 aliphatic heterocycles. The maximum atomic E-state index is 12.6. The third-order valence-electron chi connectivity index (χ3n) is 7.46. The van der Waals surface area contributed by atoms with E-state index in [9.17, 15) is 20.0 Å². The molecule has 0 aromatic carbocycles. The van der Waals surface area contributed by atoms with Crippen molar-refractivity contribution in [2.45, 2.75) is 88.6 Å². The molecule has 11 heteroatoms. The SMILES string of the molecule is COC(C)(C)C(=O)Nc1ncnn2c([C@]3(C#N)O[C@@H](COC(=O)CC4CCCCCC4)C[C@H]3O)ccc12. The van der Waals surface area contributed by atoms with Crippen molar-refractivity contribution in [3.05, 3.63) is 24.2 Å². The summed E-state index contributed by atoms with van der Waals surface area (Å²) in [5.74, 6) is -0.115. The Balaban J connectivity index is 1.47. The van der Waals surface area contributed by atoms with Gasteiger partial charge in [-0.15, -0.1) is 0 Å². The van der Waals surface area contributed by atoms with Crippen LogP contribution in [0.3, 0.4) is 0 Å². The van der Waals surface area contributed by atoms with Crippen molar-refractivity contribution in [1.82, 2.24) is 14.6 Å². The van der Waals surface area contributed by atoms with Gasteiger partial charge in [0.2, 0.25) is 5.60 Å². The predicted molar refractivity (Wildman–Crippen MR) is 132 cm³/mol. The molecule has 1 aliphatic carbocycles. The lowest BCUT2D eigenvalue weighted by atomic mass is 9.94. The van der Waals surface area contributed by atoms with Gasteiger partial charge < -0.3 is 24.6 Å². The van der Waals surface area contributed by atoms with E-state index in [4.69, 9.17) is 14.2 Å². The van der Waals surface area contributed by atoms with E-state index in [2.05, 4.69) is 21.5 Å². The maximum absolute atomic E-state index is 12.6. The molecule has 1 saturated heterocycles. The van der Waals surface area contributed by atoms with Gasteiger partial charge in [-0.25, -0.2) is 9.50 Å². The molecule has 2 aliphatic rings. The first-order valence-corrected chi connectivity index (χ1v) is 12.8. The molecule has 4 rings (SSSR count). The number of aliphatic hydroxyl groups excluding tert-OH is 1. The van der Waals surface area contributed by atoms with E-state index in [1.807, 2.05) is 0 Å². The Morgan fingerprint density at radius 2 is 2.03 bits per heavy atom. The number of esters is 1. The second-order valence-corrected chi connectivity index (χ2v) is 10.4. The number of nitrogens with one attached hydrogen (secondary N) is 1. The number of aliphatic hydroxyl groups is 1. The van der Waals surface area contributed by atoms with Crippen LogP contribution >= 0.6 is 0 Å². The first kappa shape index (κ1) is 27.0. The Morgan fingerprint density at radius 3 is 2.70 bits per heavy atom.